The number of nitrogens with zero attached hydrogens (tertiary/aromatic N) is 2. The predicted octanol–water partition coefficient (Wildman–Crippen LogP) is 4.11. The average Bonchev–Trinajstić information content (AvgIpc) is 3.13. The van der Waals surface area contributed by atoms with E-state index < -0.39 is 0 Å². The fraction of sp³-hybridized carbons (Fsp3) is 0.261. The monoisotopic (exact) mass is 388 g/mol. The van der Waals surface area contributed by atoms with Gasteiger partial charge < -0.3 is 9.88 Å². The molecule has 0 aliphatic heterocycles. The second-order valence-electron chi connectivity index (χ2n) is 7.70. The molecule has 0 atom stereocenters. The molecule has 0 aliphatic carbocycles. The molecule has 2 aromatic heterocycles. The van der Waals surface area contributed by atoms with E-state index in [0.29, 0.717) is 22.4 Å². The number of fused-ring (bicyclic) bond motifs is 2. The lowest BCUT2D eigenvalue weighted by atomic mass is 10.1. The Hall–Kier alpha value is -3.41. The van der Waals surface area contributed by atoms with Crippen molar-refractivity contribution >= 4 is 33.3 Å². The Morgan fingerprint density at radius 1 is 1.07 bits per heavy atom. The number of hydrogen-bond acceptors (Lipinski definition) is 3. The van der Waals surface area contributed by atoms with Crippen LogP contribution in [0.3, 0.4) is 0 Å². The lowest BCUT2D eigenvalue weighted by Crippen LogP contribution is -2.18. The van der Waals surface area contributed by atoms with Crippen LogP contribution >= 0.6 is 0 Å². The maximum absolute atomic E-state index is 12.7. The number of carbonyl (C=O) groups is 1. The fourth-order valence-corrected chi connectivity index (χ4v) is 3.58. The lowest BCUT2D eigenvalue weighted by Gasteiger charge is -2.10. The summed E-state index contributed by atoms with van der Waals surface area (Å²) >= 11 is 0. The number of aromatic nitrogens is 3. The number of benzene rings is 2. The van der Waals surface area contributed by atoms with Crippen LogP contribution in [0.15, 0.2) is 59.5 Å². The van der Waals surface area contributed by atoms with Gasteiger partial charge in [-0.3, -0.25) is 9.59 Å². The zero-order valence-electron chi connectivity index (χ0n) is 16.6. The normalized spacial score (nSPS) is 11.4. The van der Waals surface area contributed by atoms with Crippen LogP contribution in [0.5, 0.6) is 0 Å². The third-order valence-corrected chi connectivity index (χ3v) is 5.14. The summed E-state index contributed by atoms with van der Waals surface area (Å²) in [6, 6.07) is 15.2. The summed E-state index contributed by atoms with van der Waals surface area (Å²) in [4.78, 5) is 24.7. The summed E-state index contributed by atoms with van der Waals surface area (Å²) in [6.07, 6.45) is 3.26. The molecular formula is C23H24N4O2. The SMILES string of the molecule is CC(C)CCn1ccc2c(NC(=O)Cc3n[nH]c(=O)c4ccccc34)cccc21. The summed E-state index contributed by atoms with van der Waals surface area (Å²) in [6.45, 7) is 5.38. The van der Waals surface area contributed by atoms with Crippen molar-refractivity contribution in [2.24, 2.45) is 5.92 Å². The largest absolute Gasteiger partial charge is 0.347 e. The van der Waals surface area contributed by atoms with Crippen molar-refractivity contribution in [3.8, 4) is 0 Å². The van der Waals surface area contributed by atoms with E-state index in [1.807, 2.05) is 30.3 Å². The summed E-state index contributed by atoms with van der Waals surface area (Å²) in [5, 5.41) is 11.8. The van der Waals surface area contributed by atoms with Crippen LogP contribution in [-0.2, 0) is 17.8 Å². The summed E-state index contributed by atoms with van der Waals surface area (Å²) in [5.41, 5.74) is 2.19. The molecule has 29 heavy (non-hydrogen) atoms. The molecule has 2 N–H and O–H groups in total. The van der Waals surface area contributed by atoms with Gasteiger partial charge in [-0.2, -0.15) is 5.10 Å². The van der Waals surface area contributed by atoms with E-state index in [0.717, 1.165) is 29.6 Å². The van der Waals surface area contributed by atoms with Crippen molar-refractivity contribution in [2.45, 2.75) is 33.2 Å². The Kier molecular flexibility index (Phi) is 5.16. The molecule has 0 saturated carbocycles. The summed E-state index contributed by atoms with van der Waals surface area (Å²) in [7, 11) is 0. The summed E-state index contributed by atoms with van der Waals surface area (Å²) in [5.74, 6) is 0.465. The topological polar surface area (TPSA) is 79.8 Å². The number of aryl methyl sites for hydroxylation is 1. The fourth-order valence-electron chi connectivity index (χ4n) is 3.58. The number of rotatable bonds is 6. The van der Waals surface area contributed by atoms with Gasteiger partial charge in [-0.1, -0.05) is 38.1 Å². The lowest BCUT2D eigenvalue weighted by molar-refractivity contribution is -0.115. The van der Waals surface area contributed by atoms with Gasteiger partial charge in [0.15, 0.2) is 0 Å². The van der Waals surface area contributed by atoms with Crippen molar-refractivity contribution in [1.29, 1.82) is 0 Å². The molecule has 0 spiro atoms. The molecule has 0 bridgehead atoms. The van der Waals surface area contributed by atoms with E-state index in [4.69, 9.17) is 0 Å². The molecule has 2 heterocycles. The van der Waals surface area contributed by atoms with E-state index in [2.05, 4.69) is 46.2 Å². The van der Waals surface area contributed by atoms with Crippen LogP contribution in [0, 0.1) is 5.92 Å². The van der Waals surface area contributed by atoms with Gasteiger partial charge in [0.2, 0.25) is 5.91 Å². The molecule has 6 nitrogen and oxygen atoms in total. The van der Waals surface area contributed by atoms with Gasteiger partial charge >= 0.3 is 0 Å². The van der Waals surface area contributed by atoms with Gasteiger partial charge in [-0.25, -0.2) is 5.10 Å². The highest BCUT2D eigenvalue weighted by Crippen LogP contribution is 2.25. The molecule has 0 saturated heterocycles. The van der Waals surface area contributed by atoms with Crippen LogP contribution in [-0.4, -0.2) is 20.7 Å². The maximum Gasteiger partial charge on any atom is 0.272 e. The first-order valence-corrected chi connectivity index (χ1v) is 9.87. The maximum atomic E-state index is 12.7. The molecule has 1 amide bonds. The van der Waals surface area contributed by atoms with Gasteiger partial charge in [-0.05, 0) is 36.6 Å². The minimum atomic E-state index is -0.253. The molecule has 6 heteroatoms. The smallest absolute Gasteiger partial charge is 0.272 e. The summed E-state index contributed by atoms with van der Waals surface area (Å²) < 4.78 is 2.22. The van der Waals surface area contributed by atoms with Crippen LogP contribution in [0.25, 0.3) is 21.7 Å². The highest BCUT2D eigenvalue weighted by molar-refractivity contribution is 6.02. The number of amides is 1. The van der Waals surface area contributed by atoms with Crippen molar-refractivity contribution in [3.63, 3.8) is 0 Å². The number of hydrogen-bond donors (Lipinski definition) is 2. The minimum Gasteiger partial charge on any atom is -0.347 e. The Morgan fingerprint density at radius 3 is 2.66 bits per heavy atom. The van der Waals surface area contributed by atoms with Crippen molar-refractivity contribution in [1.82, 2.24) is 14.8 Å². The van der Waals surface area contributed by atoms with E-state index in [1.165, 1.54) is 0 Å². The van der Waals surface area contributed by atoms with Gasteiger partial charge in [-0.15, -0.1) is 0 Å². The van der Waals surface area contributed by atoms with E-state index in [-0.39, 0.29) is 17.9 Å². The third-order valence-electron chi connectivity index (χ3n) is 5.14. The first-order valence-electron chi connectivity index (χ1n) is 9.87. The van der Waals surface area contributed by atoms with Crippen LogP contribution in [0.2, 0.25) is 0 Å². The quantitative estimate of drug-likeness (QED) is 0.522. The number of carbonyl (C=O) groups excluding carboxylic acids is 1. The number of H-pyrrole nitrogens is 1. The first kappa shape index (κ1) is 18.9. The Labute approximate surface area is 168 Å². The Balaban J connectivity index is 1.57. The molecule has 2 aromatic carbocycles. The molecule has 0 radical (unpaired) electrons. The van der Waals surface area contributed by atoms with Crippen LogP contribution in [0.1, 0.15) is 26.0 Å². The highest BCUT2D eigenvalue weighted by atomic mass is 16.1. The average molecular weight is 388 g/mol. The molecule has 0 aliphatic rings. The molecular weight excluding hydrogens is 364 g/mol. The second-order valence-corrected chi connectivity index (χ2v) is 7.70. The van der Waals surface area contributed by atoms with Crippen molar-refractivity contribution < 1.29 is 4.79 Å². The van der Waals surface area contributed by atoms with Crippen LogP contribution in [0.4, 0.5) is 5.69 Å². The van der Waals surface area contributed by atoms with Gasteiger partial charge in [0.1, 0.15) is 0 Å². The molecule has 0 fully saturated rings. The van der Waals surface area contributed by atoms with Crippen molar-refractivity contribution in [3.05, 3.63) is 70.8 Å². The number of nitrogens with one attached hydrogen (secondary N) is 2. The minimum absolute atomic E-state index is 0.0851. The predicted molar refractivity (Wildman–Crippen MR) is 116 cm³/mol. The Morgan fingerprint density at radius 2 is 1.86 bits per heavy atom. The standard InChI is InChI=1S/C23H24N4O2/c1-15(2)10-12-27-13-11-18-19(8-5-9-21(18)27)24-22(28)14-20-16-6-3-4-7-17(16)23(29)26-25-20/h3-9,11,13,15H,10,12,14H2,1-2H3,(H,24,28)(H,26,29). The molecule has 148 valence electrons. The van der Waals surface area contributed by atoms with E-state index >= 15 is 0 Å². The molecule has 4 aromatic rings. The van der Waals surface area contributed by atoms with Gasteiger partial charge in [0.25, 0.3) is 5.56 Å². The van der Waals surface area contributed by atoms with E-state index in [9.17, 15) is 9.59 Å². The molecule has 0 unspecified atom stereocenters. The highest BCUT2D eigenvalue weighted by Gasteiger charge is 2.13. The van der Waals surface area contributed by atoms with Crippen LogP contribution < -0.4 is 10.9 Å². The number of anilines is 1. The van der Waals surface area contributed by atoms with Crippen molar-refractivity contribution in [2.75, 3.05) is 5.32 Å². The number of aromatic amines is 1. The molecule has 4 rings (SSSR count). The van der Waals surface area contributed by atoms with Gasteiger partial charge in [0.05, 0.1) is 28.7 Å². The third kappa shape index (κ3) is 3.92. The van der Waals surface area contributed by atoms with Gasteiger partial charge in [0, 0.05) is 23.5 Å². The first-order chi connectivity index (χ1) is 14.0. The Bertz CT molecular complexity index is 1240. The zero-order valence-corrected chi connectivity index (χ0v) is 16.6. The zero-order chi connectivity index (χ0) is 20.4. The second kappa shape index (κ2) is 7.91. The van der Waals surface area contributed by atoms with E-state index in [1.54, 1.807) is 12.1 Å².